The summed E-state index contributed by atoms with van der Waals surface area (Å²) in [4.78, 5) is 12.0. The Labute approximate surface area is 147 Å². The second-order valence-corrected chi connectivity index (χ2v) is 6.32. The Balaban J connectivity index is 2.09. The van der Waals surface area contributed by atoms with E-state index in [-0.39, 0.29) is 5.97 Å². The Bertz CT molecular complexity index is 442. The third kappa shape index (κ3) is 9.71. The van der Waals surface area contributed by atoms with Crippen LogP contribution in [0.25, 0.3) is 0 Å². The van der Waals surface area contributed by atoms with Crippen molar-refractivity contribution in [2.24, 2.45) is 0 Å². The topological polar surface area (TPSA) is 35.5 Å². The molecule has 0 saturated heterocycles. The Kier molecular flexibility index (Phi) is 12.1. The highest BCUT2D eigenvalue weighted by Crippen LogP contribution is 2.10. The summed E-state index contributed by atoms with van der Waals surface area (Å²) in [6.07, 6.45) is 10.9. The predicted octanol–water partition coefficient (Wildman–Crippen LogP) is 5.56. The zero-order chi connectivity index (χ0) is 17.5. The highest BCUT2D eigenvalue weighted by atomic mass is 16.6. The van der Waals surface area contributed by atoms with Crippen molar-refractivity contribution in [1.82, 2.24) is 0 Å². The second-order valence-electron chi connectivity index (χ2n) is 6.32. The molecule has 3 nitrogen and oxygen atoms in total. The summed E-state index contributed by atoms with van der Waals surface area (Å²) < 4.78 is 10.8. The van der Waals surface area contributed by atoms with Crippen LogP contribution in [0.4, 0.5) is 0 Å². The number of benzene rings is 1. The van der Waals surface area contributed by atoms with Crippen LogP contribution in [-0.4, -0.2) is 25.8 Å². The number of hydrogen-bond acceptors (Lipinski definition) is 3. The van der Waals surface area contributed by atoms with Crippen LogP contribution in [-0.2, 0) is 15.9 Å². The molecular formula is C21H34O3. The van der Waals surface area contributed by atoms with Gasteiger partial charge in [-0.3, -0.25) is 0 Å². The normalized spacial score (nSPS) is 10.8. The lowest BCUT2D eigenvalue weighted by atomic mass is 10.1. The molecule has 1 rings (SSSR count). The van der Waals surface area contributed by atoms with Gasteiger partial charge in [-0.1, -0.05) is 64.5 Å². The van der Waals surface area contributed by atoms with Gasteiger partial charge < -0.3 is 9.47 Å². The Morgan fingerprint density at radius 1 is 0.875 bits per heavy atom. The maximum atomic E-state index is 12.0. The number of carbonyl (C=O) groups excluding carboxylic acids is 1. The minimum Gasteiger partial charge on any atom is -0.460 e. The van der Waals surface area contributed by atoms with E-state index in [0.29, 0.717) is 18.8 Å². The molecule has 0 bridgehead atoms. The van der Waals surface area contributed by atoms with E-state index in [2.05, 4.69) is 19.9 Å². The first kappa shape index (κ1) is 20.7. The van der Waals surface area contributed by atoms with Gasteiger partial charge in [-0.15, -0.1) is 0 Å². The first-order chi connectivity index (χ1) is 11.8. The van der Waals surface area contributed by atoms with Gasteiger partial charge in [0, 0.05) is 6.61 Å². The van der Waals surface area contributed by atoms with E-state index >= 15 is 0 Å². The summed E-state index contributed by atoms with van der Waals surface area (Å²) >= 11 is 0. The lowest BCUT2D eigenvalue weighted by molar-refractivity contribution is 0.0312. The van der Waals surface area contributed by atoms with Crippen molar-refractivity contribution in [2.75, 3.05) is 19.8 Å². The zero-order valence-electron chi connectivity index (χ0n) is 15.5. The van der Waals surface area contributed by atoms with Crippen LogP contribution in [0, 0.1) is 0 Å². The fourth-order valence-electron chi connectivity index (χ4n) is 2.60. The van der Waals surface area contributed by atoms with Gasteiger partial charge >= 0.3 is 5.97 Å². The van der Waals surface area contributed by atoms with Crippen LogP contribution in [0.1, 0.15) is 81.1 Å². The van der Waals surface area contributed by atoms with Crippen molar-refractivity contribution in [3.63, 3.8) is 0 Å². The van der Waals surface area contributed by atoms with Crippen molar-refractivity contribution >= 4 is 5.97 Å². The summed E-state index contributed by atoms with van der Waals surface area (Å²) in [6, 6.07) is 7.75. The van der Waals surface area contributed by atoms with Crippen LogP contribution in [0.15, 0.2) is 24.3 Å². The van der Waals surface area contributed by atoms with E-state index < -0.39 is 0 Å². The number of carbonyl (C=O) groups is 1. The number of esters is 1. The van der Waals surface area contributed by atoms with E-state index in [9.17, 15) is 4.79 Å². The Morgan fingerprint density at radius 2 is 1.62 bits per heavy atom. The van der Waals surface area contributed by atoms with E-state index in [4.69, 9.17) is 9.47 Å². The molecule has 0 aliphatic heterocycles. The minimum absolute atomic E-state index is 0.253. The molecule has 0 radical (unpaired) electrons. The monoisotopic (exact) mass is 334 g/mol. The van der Waals surface area contributed by atoms with Crippen LogP contribution in [0.2, 0.25) is 0 Å². The van der Waals surface area contributed by atoms with Crippen molar-refractivity contribution < 1.29 is 14.3 Å². The molecule has 1 aromatic rings. The molecule has 0 spiro atoms. The first-order valence-corrected chi connectivity index (χ1v) is 9.61. The number of aryl methyl sites for hydroxylation is 1. The quantitative estimate of drug-likeness (QED) is 0.330. The predicted molar refractivity (Wildman–Crippen MR) is 99.5 cm³/mol. The van der Waals surface area contributed by atoms with Crippen molar-refractivity contribution in [3.05, 3.63) is 35.4 Å². The van der Waals surface area contributed by atoms with Crippen LogP contribution in [0.3, 0.4) is 0 Å². The molecule has 0 unspecified atom stereocenters. The van der Waals surface area contributed by atoms with Crippen molar-refractivity contribution in [2.45, 2.75) is 71.6 Å². The first-order valence-electron chi connectivity index (χ1n) is 9.61. The highest BCUT2D eigenvalue weighted by molar-refractivity contribution is 5.89. The fraction of sp³-hybridized carbons (Fsp3) is 0.667. The van der Waals surface area contributed by atoms with Crippen molar-refractivity contribution in [1.29, 1.82) is 0 Å². The van der Waals surface area contributed by atoms with E-state index in [1.54, 1.807) is 0 Å². The fourth-order valence-corrected chi connectivity index (χ4v) is 2.60. The lowest BCUT2D eigenvalue weighted by Gasteiger charge is -2.07. The number of ether oxygens (including phenoxy) is 2. The molecule has 0 aliphatic rings. The van der Waals surface area contributed by atoms with Gasteiger partial charge in [0.15, 0.2) is 0 Å². The average Bonchev–Trinajstić information content (AvgIpc) is 2.61. The van der Waals surface area contributed by atoms with Gasteiger partial charge in [-0.2, -0.15) is 0 Å². The largest absolute Gasteiger partial charge is 0.460 e. The minimum atomic E-state index is -0.253. The number of unbranched alkanes of at least 4 members (excludes halogenated alkanes) is 6. The summed E-state index contributed by atoms with van der Waals surface area (Å²) in [5.41, 5.74) is 1.84. The van der Waals surface area contributed by atoms with E-state index in [1.807, 2.05) is 18.2 Å². The molecular weight excluding hydrogens is 300 g/mol. The lowest BCUT2D eigenvalue weighted by Crippen LogP contribution is -2.11. The SMILES string of the molecule is CCCCCCCCOCCOC(=O)c1cccc(CCCC)c1. The van der Waals surface area contributed by atoms with Crippen LogP contribution >= 0.6 is 0 Å². The van der Waals surface area contributed by atoms with Crippen LogP contribution < -0.4 is 0 Å². The number of hydrogen-bond donors (Lipinski definition) is 0. The molecule has 24 heavy (non-hydrogen) atoms. The molecule has 0 atom stereocenters. The molecule has 3 heteroatoms. The second kappa shape index (κ2) is 14.0. The molecule has 0 aromatic heterocycles. The molecule has 0 amide bonds. The van der Waals surface area contributed by atoms with E-state index in [0.717, 1.165) is 32.3 Å². The third-order valence-electron chi connectivity index (χ3n) is 4.08. The van der Waals surface area contributed by atoms with Gasteiger partial charge in [0.1, 0.15) is 6.61 Å². The maximum Gasteiger partial charge on any atom is 0.338 e. The van der Waals surface area contributed by atoms with E-state index in [1.165, 1.54) is 37.7 Å². The highest BCUT2D eigenvalue weighted by Gasteiger charge is 2.07. The summed E-state index contributed by atoms with van der Waals surface area (Å²) in [5.74, 6) is -0.253. The van der Waals surface area contributed by atoms with Gasteiger partial charge in [-0.25, -0.2) is 4.79 Å². The molecule has 0 saturated carbocycles. The molecule has 0 N–H and O–H groups in total. The maximum absolute atomic E-state index is 12.0. The molecule has 136 valence electrons. The summed E-state index contributed by atoms with van der Waals surface area (Å²) in [6.45, 7) is 5.97. The smallest absolute Gasteiger partial charge is 0.338 e. The standard InChI is InChI=1S/C21H34O3/c1-3-5-7-8-9-10-15-23-16-17-24-21(22)20-14-11-13-19(18-20)12-6-4-2/h11,13-14,18H,3-10,12,15-17H2,1-2H3. The Morgan fingerprint density at radius 3 is 2.42 bits per heavy atom. The summed E-state index contributed by atoms with van der Waals surface area (Å²) in [5, 5.41) is 0. The zero-order valence-corrected chi connectivity index (χ0v) is 15.5. The van der Waals surface area contributed by atoms with Gasteiger partial charge in [0.25, 0.3) is 0 Å². The van der Waals surface area contributed by atoms with Crippen molar-refractivity contribution in [3.8, 4) is 0 Å². The average molecular weight is 335 g/mol. The molecule has 0 heterocycles. The third-order valence-corrected chi connectivity index (χ3v) is 4.08. The number of rotatable bonds is 14. The Hall–Kier alpha value is -1.35. The molecule has 0 aliphatic carbocycles. The van der Waals surface area contributed by atoms with Gasteiger partial charge in [0.05, 0.1) is 12.2 Å². The summed E-state index contributed by atoms with van der Waals surface area (Å²) in [7, 11) is 0. The van der Waals surface area contributed by atoms with Gasteiger partial charge in [0.2, 0.25) is 0 Å². The molecule has 1 aromatic carbocycles. The van der Waals surface area contributed by atoms with Crippen LogP contribution in [0.5, 0.6) is 0 Å². The molecule has 0 fully saturated rings. The van der Waals surface area contributed by atoms with Gasteiger partial charge in [-0.05, 0) is 37.0 Å².